The minimum atomic E-state index is -1.55. The van der Waals surface area contributed by atoms with Gasteiger partial charge in [0.2, 0.25) is 0 Å². The number of carbonyl (C=O) groups excluding carboxylic acids is 1. The summed E-state index contributed by atoms with van der Waals surface area (Å²) in [6.07, 6.45) is 1.28. The highest BCUT2D eigenvalue weighted by molar-refractivity contribution is 6.42. The lowest BCUT2D eigenvalue weighted by molar-refractivity contribution is -0.384. The predicted molar refractivity (Wildman–Crippen MR) is 129 cm³/mol. The normalized spacial score (nSPS) is 12.4. The van der Waals surface area contributed by atoms with Gasteiger partial charge in [0, 0.05) is 30.1 Å². The summed E-state index contributed by atoms with van der Waals surface area (Å²) < 4.78 is 0. The third kappa shape index (κ3) is 5.17. The number of aliphatic hydroxyl groups is 1. The molecule has 0 aliphatic heterocycles. The molecule has 2 aromatic carbocycles. The van der Waals surface area contributed by atoms with E-state index in [0.29, 0.717) is 0 Å². The van der Waals surface area contributed by atoms with Crippen molar-refractivity contribution in [3.63, 3.8) is 0 Å². The molecule has 0 spiro atoms. The molecule has 4 aromatic rings. The maximum absolute atomic E-state index is 12.9. The number of aromatic nitrogens is 3. The molecule has 13 heteroatoms. The minimum Gasteiger partial charge on any atom is -0.382 e. The highest BCUT2D eigenvalue weighted by Gasteiger charge is 2.24. The number of halogens is 2. The molecule has 4 rings (SSSR count). The van der Waals surface area contributed by atoms with E-state index in [1.54, 1.807) is 0 Å². The zero-order valence-electron chi connectivity index (χ0n) is 17.5. The number of amides is 1. The summed E-state index contributed by atoms with van der Waals surface area (Å²) in [5.74, 6) is -0.626. The van der Waals surface area contributed by atoms with Crippen molar-refractivity contribution in [2.45, 2.75) is 6.10 Å². The van der Waals surface area contributed by atoms with E-state index in [4.69, 9.17) is 23.2 Å². The lowest BCUT2D eigenvalue weighted by Gasteiger charge is -2.15. The molecule has 176 valence electrons. The van der Waals surface area contributed by atoms with Crippen molar-refractivity contribution in [3.05, 3.63) is 108 Å². The molecule has 2 aromatic heterocycles. The van der Waals surface area contributed by atoms with Gasteiger partial charge in [0.25, 0.3) is 17.2 Å². The summed E-state index contributed by atoms with van der Waals surface area (Å²) in [7, 11) is 0. The first-order chi connectivity index (χ1) is 16.7. The van der Waals surface area contributed by atoms with E-state index in [2.05, 4.69) is 25.5 Å². The SMILES string of the molecule is O=C(N/N=C(\c1nc2ccc([N+](=O)[O-])cc2[nH]c1=O)C(O)c1ccc(Cl)c(Cl)c1)c1ccncc1. The van der Waals surface area contributed by atoms with Gasteiger partial charge in [-0.3, -0.25) is 24.7 Å². The zero-order chi connectivity index (χ0) is 25.1. The molecule has 0 saturated carbocycles. The second-order valence-electron chi connectivity index (χ2n) is 7.12. The Bertz CT molecular complexity index is 1540. The van der Waals surface area contributed by atoms with Crippen molar-refractivity contribution in [2.75, 3.05) is 0 Å². The molecule has 1 amide bonds. The number of non-ortho nitro benzene ring substituents is 1. The van der Waals surface area contributed by atoms with Crippen LogP contribution < -0.4 is 11.0 Å². The number of hydrazone groups is 1. The summed E-state index contributed by atoms with van der Waals surface area (Å²) >= 11 is 12.0. The number of pyridine rings is 1. The van der Waals surface area contributed by atoms with Crippen LogP contribution in [-0.4, -0.2) is 36.6 Å². The number of nitrogens with zero attached hydrogens (tertiary/aromatic N) is 4. The van der Waals surface area contributed by atoms with E-state index in [-0.39, 0.29) is 49.3 Å². The fourth-order valence-electron chi connectivity index (χ4n) is 3.12. The first kappa shape index (κ1) is 24.0. The van der Waals surface area contributed by atoms with Crippen LogP contribution in [0, 0.1) is 10.1 Å². The maximum atomic E-state index is 12.9. The molecule has 1 atom stereocenters. The zero-order valence-corrected chi connectivity index (χ0v) is 19.0. The van der Waals surface area contributed by atoms with Crippen molar-refractivity contribution in [3.8, 4) is 0 Å². The van der Waals surface area contributed by atoms with Crippen LogP contribution in [0.1, 0.15) is 27.7 Å². The number of aromatic amines is 1. The average Bonchev–Trinajstić information content (AvgIpc) is 2.85. The largest absolute Gasteiger partial charge is 0.382 e. The van der Waals surface area contributed by atoms with Crippen molar-refractivity contribution < 1.29 is 14.8 Å². The summed E-state index contributed by atoms with van der Waals surface area (Å²) in [6, 6.07) is 10.9. The number of rotatable bonds is 6. The molecule has 35 heavy (non-hydrogen) atoms. The quantitative estimate of drug-likeness (QED) is 0.202. The first-order valence-corrected chi connectivity index (χ1v) is 10.6. The fourth-order valence-corrected chi connectivity index (χ4v) is 3.43. The number of benzene rings is 2. The predicted octanol–water partition coefficient (Wildman–Crippen LogP) is 3.40. The maximum Gasteiger partial charge on any atom is 0.276 e. The number of nitro benzene ring substituents is 1. The third-order valence-corrected chi connectivity index (χ3v) is 5.61. The Morgan fingerprint density at radius 3 is 2.54 bits per heavy atom. The summed E-state index contributed by atoms with van der Waals surface area (Å²) in [4.78, 5) is 46.4. The second kappa shape index (κ2) is 9.97. The molecule has 1 unspecified atom stereocenters. The molecule has 11 nitrogen and oxygen atoms in total. The second-order valence-corrected chi connectivity index (χ2v) is 7.94. The third-order valence-electron chi connectivity index (χ3n) is 4.87. The standard InChI is InChI=1S/C22H14Cl2N6O5/c23-14-3-1-12(9-15(14)24)20(31)18(28-29-21(32)11-5-7-25-8-6-11)19-22(33)27-17-10-13(30(34)35)2-4-16(17)26-19/h1-10,20,31H,(H,27,33)(H,29,32)/b28-18+. The van der Waals surface area contributed by atoms with Crippen LogP contribution in [0.3, 0.4) is 0 Å². The van der Waals surface area contributed by atoms with E-state index in [9.17, 15) is 24.8 Å². The molecule has 0 aliphatic rings. The van der Waals surface area contributed by atoms with E-state index >= 15 is 0 Å². The van der Waals surface area contributed by atoms with Gasteiger partial charge in [0.05, 0.1) is 26.0 Å². The van der Waals surface area contributed by atoms with Gasteiger partial charge in [0.1, 0.15) is 11.8 Å². The number of H-pyrrole nitrogens is 1. The topological polar surface area (TPSA) is 163 Å². The molecular weight excluding hydrogens is 499 g/mol. The van der Waals surface area contributed by atoms with Gasteiger partial charge >= 0.3 is 0 Å². The van der Waals surface area contributed by atoms with Crippen molar-refractivity contribution in [2.24, 2.45) is 5.10 Å². The molecular formula is C22H14Cl2N6O5. The lowest BCUT2D eigenvalue weighted by atomic mass is 10.0. The van der Waals surface area contributed by atoms with Gasteiger partial charge in [-0.05, 0) is 35.9 Å². The summed E-state index contributed by atoms with van der Waals surface area (Å²) in [5.41, 5.74) is 1.40. The van der Waals surface area contributed by atoms with Crippen LogP contribution in [0.25, 0.3) is 11.0 Å². The Hall–Kier alpha value is -4.19. The molecule has 0 fully saturated rings. The van der Waals surface area contributed by atoms with E-state index in [1.807, 2.05) is 0 Å². The highest BCUT2D eigenvalue weighted by Crippen LogP contribution is 2.27. The summed E-state index contributed by atoms with van der Waals surface area (Å²) in [5, 5.41) is 26.5. The highest BCUT2D eigenvalue weighted by atomic mass is 35.5. The Kier molecular flexibility index (Phi) is 6.82. The van der Waals surface area contributed by atoms with Crippen LogP contribution in [0.5, 0.6) is 0 Å². The van der Waals surface area contributed by atoms with Crippen LogP contribution in [0.2, 0.25) is 10.0 Å². The molecule has 2 heterocycles. The van der Waals surface area contributed by atoms with E-state index < -0.39 is 22.5 Å². The van der Waals surface area contributed by atoms with Crippen LogP contribution in [0.15, 0.2) is 70.8 Å². The molecule has 0 aliphatic carbocycles. The van der Waals surface area contributed by atoms with Crippen LogP contribution in [0.4, 0.5) is 5.69 Å². The van der Waals surface area contributed by atoms with Gasteiger partial charge in [-0.1, -0.05) is 29.3 Å². The van der Waals surface area contributed by atoms with Gasteiger partial charge in [-0.25, -0.2) is 10.4 Å². The molecule has 0 saturated heterocycles. The van der Waals surface area contributed by atoms with Gasteiger partial charge in [-0.15, -0.1) is 0 Å². The Morgan fingerprint density at radius 1 is 1.11 bits per heavy atom. The lowest BCUT2D eigenvalue weighted by Crippen LogP contribution is -2.29. The molecule has 0 radical (unpaired) electrons. The summed E-state index contributed by atoms with van der Waals surface area (Å²) in [6.45, 7) is 0. The Labute approximate surface area is 206 Å². The van der Waals surface area contributed by atoms with Gasteiger partial charge < -0.3 is 10.1 Å². The smallest absolute Gasteiger partial charge is 0.276 e. The average molecular weight is 513 g/mol. The minimum absolute atomic E-state index is 0.108. The van der Waals surface area contributed by atoms with Crippen LogP contribution in [-0.2, 0) is 0 Å². The van der Waals surface area contributed by atoms with E-state index in [1.165, 1.54) is 54.9 Å². The monoisotopic (exact) mass is 512 g/mol. The Balaban J connectivity index is 1.82. The fraction of sp³-hybridized carbons (Fsp3) is 0.0455. The van der Waals surface area contributed by atoms with Crippen molar-refractivity contribution in [1.29, 1.82) is 0 Å². The number of hydrogen-bond donors (Lipinski definition) is 3. The number of nitro groups is 1. The number of fused-ring (bicyclic) bond motifs is 1. The number of aliphatic hydroxyl groups excluding tert-OH is 1. The van der Waals surface area contributed by atoms with Crippen molar-refractivity contribution in [1.82, 2.24) is 20.4 Å². The molecule has 0 bridgehead atoms. The Morgan fingerprint density at radius 2 is 1.86 bits per heavy atom. The molecule has 3 N–H and O–H groups in total. The van der Waals surface area contributed by atoms with E-state index in [0.717, 1.165) is 6.07 Å². The van der Waals surface area contributed by atoms with Crippen molar-refractivity contribution >= 4 is 51.5 Å². The van der Waals surface area contributed by atoms with Crippen LogP contribution >= 0.6 is 23.2 Å². The van der Waals surface area contributed by atoms with Gasteiger partial charge in [-0.2, -0.15) is 5.10 Å². The van der Waals surface area contributed by atoms with Gasteiger partial charge in [0.15, 0.2) is 5.69 Å². The number of hydrogen-bond acceptors (Lipinski definition) is 8. The number of carbonyl (C=O) groups is 1. The number of nitrogens with one attached hydrogen (secondary N) is 2. The first-order valence-electron chi connectivity index (χ1n) is 9.84.